The Hall–Kier alpha value is -2.15. The predicted molar refractivity (Wildman–Crippen MR) is 200 cm³/mol. The third kappa shape index (κ3) is 10.2. The zero-order valence-electron chi connectivity index (χ0n) is 29.3. The van der Waals surface area contributed by atoms with Gasteiger partial charge in [-0.05, 0) is 55.5 Å². The molecular formula is C36H53IN4O4Sn. The standard InChI is InChI=1S/C12H13IN2O2.C12H13N2O2.3C4H9.Sn/c1-12(2,3)17-11(16)15-7-9(13)8-5-4-6-14-10(8)15;1-12(2,3)16-11(15)14-8-6-9-5-4-7-13-10(9)14;3*1-3-4-2;/h4-7H,1-3H3;4-5,7-8H,1-3H3;3*1,3-4H2,2H3;. The second-order valence-electron chi connectivity index (χ2n) is 14.1. The van der Waals surface area contributed by atoms with Crippen molar-refractivity contribution in [2.24, 2.45) is 0 Å². The number of unbranched alkanes of at least 4 members (excludes halogenated alkanes) is 3. The first-order valence-electron chi connectivity index (χ1n) is 16.7. The molecule has 0 saturated carbocycles. The van der Waals surface area contributed by atoms with Gasteiger partial charge in [-0.25, -0.2) is 14.3 Å². The maximum absolute atomic E-state index is 13.0. The molecule has 0 unspecified atom stereocenters. The first-order chi connectivity index (χ1) is 21.7. The normalized spacial score (nSPS) is 12.2. The van der Waals surface area contributed by atoms with Crippen LogP contribution in [0.15, 0.2) is 49.1 Å². The molecule has 0 saturated heterocycles. The van der Waals surface area contributed by atoms with Crippen molar-refractivity contribution in [3.05, 3.63) is 52.6 Å². The molecule has 4 aromatic heterocycles. The van der Waals surface area contributed by atoms with E-state index in [9.17, 15) is 9.59 Å². The van der Waals surface area contributed by atoms with Crippen LogP contribution in [0, 0.1) is 3.57 Å². The molecule has 0 bridgehead atoms. The average molecular weight is 851 g/mol. The fourth-order valence-electron chi connectivity index (χ4n) is 5.73. The van der Waals surface area contributed by atoms with Crippen LogP contribution in [0.5, 0.6) is 0 Å². The summed E-state index contributed by atoms with van der Waals surface area (Å²) >= 11 is -0.515. The van der Waals surface area contributed by atoms with Crippen molar-refractivity contribution in [2.75, 3.05) is 0 Å². The SMILES string of the molecule is CC(C)(C)OC(=O)n1cc(I)c2cccnc21.CCC[CH2][Sn]([CH2]CCC)([CH2]CCC)[c]1cn(C(=O)OC(C)(C)C)c2ncccc12. The molecular weight excluding hydrogens is 798 g/mol. The van der Waals surface area contributed by atoms with Crippen LogP contribution in [0.4, 0.5) is 9.59 Å². The first kappa shape index (κ1) is 38.3. The molecule has 0 atom stereocenters. The fourth-order valence-corrected chi connectivity index (χ4v) is 23.0. The van der Waals surface area contributed by atoms with E-state index in [1.807, 2.05) is 59.7 Å². The monoisotopic (exact) mass is 852 g/mol. The van der Waals surface area contributed by atoms with E-state index in [1.165, 1.54) is 65.4 Å². The van der Waals surface area contributed by atoms with Gasteiger partial charge in [0.25, 0.3) is 0 Å². The molecule has 0 amide bonds. The molecule has 0 aliphatic heterocycles. The summed E-state index contributed by atoms with van der Waals surface area (Å²) in [7, 11) is 0. The summed E-state index contributed by atoms with van der Waals surface area (Å²) in [6.07, 6.45) is 14.2. The van der Waals surface area contributed by atoms with Crippen molar-refractivity contribution in [3.63, 3.8) is 0 Å². The molecule has 10 heteroatoms. The minimum absolute atomic E-state index is 0.311. The van der Waals surface area contributed by atoms with Gasteiger partial charge in [-0.3, -0.25) is 0 Å². The van der Waals surface area contributed by atoms with Gasteiger partial charge in [-0.2, -0.15) is 0 Å². The maximum atomic E-state index is 13.0. The van der Waals surface area contributed by atoms with Crippen molar-refractivity contribution in [1.82, 2.24) is 19.1 Å². The van der Waals surface area contributed by atoms with E-state index in [0.29, 0.717) is 5.65 Å². The van der Waals surface area contributed by atoms with Crippen LogP contribution in [0.3, 0.4) is 0 Å². The number of hydrogen-bond donors (Lipinski definition) is 0. The van der Waals surface area contributed by atoms with Gasteiger partial charge in [0.1, 0.15) is 11.2 Å². The molecule has 4 heterocycles. The number of pyridine rings is 2. The van der Waals surface area contributed by atoms with Gasteiger partial charge in [-0.15, -0.1) is 0 Å². The van der Waals surface area contributed by atoms with Crippen molar-refractivity contribution in [2.45, 2.75) is 125 Å². The minimum atomic E-state index is -2.70. The summed E-state index contributed by atoms with van der Waals surface area (Å²) in [5, 5.41) is 2.15. The molecule has 46 heavy (non-hydrogen) atoms. The molecule has 0 fully saturated rings. The van der Waals surface area contributed by atoms with Crippen molar-refractivity contribution in [3.8, 4) is 0 Å². The number of carbonyl (C=O) groups excluding carboxylic acids is 2. The Morgan fingerprint density at radius 2 is 1.13 bits per heavy atom. The average Bonchev–Trinajstić information content (AvgIpc) is 3.55. The molecule has 0 aliphatic carbocycles. The Kier molecular flexibility index (Phi) is 14.0. The topological polar surface area (TPSA) is 88.2 Å². The quantitative estimate of drug-likeness (QED) is 0.117. The third-order valence-electron chi connectivity index (χ3n) is 7.86. The van der Waals surface area contributed by atoms with Crippen molar-refractivity contribution in [1.29, 1.82) is 0 Å². The van der Waals surface area contributed by atoms with Crippen LogP contribution in [-0.2, 0) is 9.47 Å². The van der Waals surface area contributed by atoms with Crippen LogP contribution in [0.1, 0.15) is 101 Å². The molecule has 0 N–H and O–H groups in total. The second kappa shape index (κ2) is 16.8. The van der Waals surface area contributed by atoms with E-state index >= 15 is 0 Å². The van der Waals surface area contributed by atoms with Crippen LogP contribution < -0.4 is 3.58 Å². The predicted octanol–water partition coefficient (Wildman–Crippen LogP) is 10.3. The van der Waals surface area contributed by atoms with Crippen molar-refractivity contribution >= 4 is 78.8 Å². The number of rotatable bonds is 10. The number of halogens is 1. The van der Waals surface area contributed by atoms with E-state index < -0.39 is 35.7 Å². The molecule has 0 spiro atoms. The van der Waals surface area contributed by atoms with Gasteiger partial charge in [0, 0.05) is 21.4 Å². The Balaban J connectivity index is 0.000000286. The molecule has 0 radical (unpaired) electrons. The Morgan fingerprint density at radius 1 is 0.717 bits per heavy atom. The zero-order chi connectivity index (χ0) is 34.1. The molecule has 4 aromatic rings. The number of nitrogens with zero attached hydrogens (tertiary/aromatic N) is 4. The summed E-state index contributed by atoms with van der Waals surface area (Å²) in [5.41, 5.74) is 0.372. The molecule has 0 aromatic carbocycles. The van der Waals surface area contributed by atoms with Gasteiger partial charge >= 0.3 is 188 Å². The van der Waals surface area contributed by atoms with Gasteiger partial charge in [0.2, 0.25) is 0 Å². The molecule has 252 valence electrons. The second-order valence-corrected chi connectivity index (χ2v) is 28.3. The van der Waals surface area contributed by atoms with E-state index in [4.69, 9.17) is 9.47 Å². The van der Waals surface area contributed by atoms with E-state index in [0.717, 1.165) is 14.6 Å². The summed E-state index contributed by atoms with van der Waals surface area (Å²) < 4.78 is 20.7. The summed E-state index contributed by atoms with van der Waals surface area (Å²) in [4.78, 5) is 33.8. The van der Waals surface area contributed by atoms with Crippen LogP contribution in [0.2, 0.25) is 13.3 Å². The number of carbonyl (C=O) groups is 2. The Morgan fingerprint density at radius 3 is 1.57 bits per heavy atom. The Labute approximate surface area is 293 Å². The fraction of sp³-hybridized carbons (Fsp3) is 0.556. The number of aromatic nitrogens is 4. The molecule has 4 rings (SSSR count). The van der Waals surface area contributed by atoms with E-state index in [-0.39, 0.29) is 6.09 Å². The number of hydrogen-bond acceptors (Lipinski definition) is 6. The molecule has 0 aliphatic rings. The van der Waals surface area contributed by atoms with Crippen molar-refractivity contribution < 1.29 is 19.1 Å². The Bertz CT molecular complexity index is 1580. The summed E-state index contributed by atoms with van der Waals surface area (Å²) in [6, 6.07) is 7.98. The number of ether oxygens (including phenoxy) is 2. The van der Waals surface area contributed by atoms with Gasteiger partial charge in [0.05, 0.1) is 0 Å². The van der Waals surface area contributed by atoms with Crippen LogP contribution in [-0.4, -0.2) is 60.9 Å². The number of fused-ring (bicyclic) bond motifs is 2. The molecule has 8 nitrogen and oxygen atoms in total. The first-order valence-corrected chi connectivity index (χ1v) is 25.3. The third-order valence-corrected chi connectivity index (χ3v) is 24.3. The summed E-state index contributed by atoms with van der Waals surface area (Å²) in [5.74, 6) is 0. The van der Waals surface area contributed by atoms with E-state index in [1.54, 1.807) is 23.2 Å². The summed E-state index contributed by atoms with van der Waals surface area (Å²) in [6.45, 7) is 18.2. The van der Waals surface area contributed by atoms with Gasteiger partial charge in [0.15, 0.2) is 0 Å². The van der Waals surface area contributed by atoms with E-state index in [2.05, 4.69) is 65.6 Å². The van der Waals surface area contributed by atoms with Crippen LogP contribution >= 0.6 is 22.6 Å². The van der Waals surface area contributed by atoms with Gasteiger partial charge in [-0.1, -0.05) is 0 Å². The zero-order valence-corrected chi connectivity index (χ0v) is 34.3. The van der Waals surface area contributed by atoms with Crippen LogP contribution in [0.25, 0.3) is 22.1 Å². The van der Waals surface area contributed by atoms with Gasteiger partial charge < -0.3 is 4.74 Å².